The third-order valence-electron chi connectivity index (χ3n) is 5.17. The second kappa shape index (κ2) is 6.32. The zero-order chi connectivity index (χ0) is 18.3. The molecule has 4 rings (SSSR count). The van der Waals surface area contributed by atoms with Gasteiger partial charge in [-0.05, 0) is 26.2 Å². The molecule has 0 spiro atoms. The Labute approximate surface area is 151 Å². The van der Waals surface area contributed by atoms with Gasteiger partial charge in [-0.3, -0.25) is 9.89 Å². The zero-order valence-electron chi connectivity index (χ0n) is 14.6. The molecule has 138 valence electrons. The van der Waals surface area contributed by atoms with E-state index in [4.69, 9.17) is 15.9 Å². The molecule has 0 radical (unpaired) electrons. The Balaban J connectivity index is 1.26. The van der Waals surface area contributed by atoms with Crippen LogP contribution >= 0.6 is 0 Å². The van der Waals surface area contributed by atoms with Gasteiger partial charge in [0, 0.05) is 23.9 Å². The van der Waals surface area contributed by atoms with Crippen LogP contribution in [0.5, 0.6) is 0 Å². The van der Waals surface area contributed by atoms with Crippen LogP contribution in [-0.4, -0.2) is 40.4 Å². The van der Waals surface area contributed by atoms with Gasteiger partial charge in [0.1, 0.15) is 12.2 Å². The fraction of sp³-hybridized carbons (Fsp3) is 0.611. The summed E-state index contributed by atoms with van der Waals surface area (Å²) in [5, 5.41) is 12.6. The SMILES string of the molecule is C#C[C@H]1C[C@@H]1C(=O)Nc1cc([C@H]2C[C@@H](OC(=O)NC3(C)CC3)CO2)[nH]n1. The highest BCUT2D eigenvalue weighted by atomic mass is 16.6. The number of hydrogen-bond acceptors (Lipinski definition) is 5. The van der Waals surface area contributed by atoms with Crippen molar-refractivity contribution >= 4 is 17.8 Å². The maximum absolute atomic E-state index is 12.0. The number of alkyl carbamates (subject to hydrolysis) is 1. The average molecular weight is 358 g/mol. The van der Waals surface area contributed by atoms with Crippen molar-refractivity contribution < 1.29 is 19.1 Å². The van der Waals surface area contributed by atoms with Crippen LogP contribution in [0.15, 0.2) is 6.07 Å². The Hall–Kier alpha value is -2.53. The van der Waals surface area contributed by atoms with Crippen LogP contribution < -0.4 is 10.6 Å². The molecule has 2 heterocycles. The molecular weight excluding hydrogens is 336 g/mol. The van der Waals surface area contributed by atoms with Crippen LogP contribution in [0, 0.1) is 24.2 Å². The first-order chi connectivity index (χ1) is 12.5. The number of aromatic nitrogens is 2. The number of aromatic amines is 1. The van der Waals surface area contributed by atoms with E-state index in [0.717, 1.165) is 25.0 Å². The molecule has 1 aromatic rings. The van der Waals surface area contributed by atoms with E-state index in [1.165, 1.54) is 0 Å². The molecule has 1 saturated heterocycles. The number of ether oxygens (including phenoxy) is 2. The molecule has 0 bridgehead atoms. The Morgan fingerprint density at radius 3 is 2.96 bits per heavy atom. The van der Waals surface area contributed by atoms with Crippen LogP contribution in [0.1, 0.15) is 44.4 Å². The van der Waals surface area contributed by atoms with Gasteiger partial charge in [0.2, 0.25) is 5.91 Å². The number of nitrogens with one attached hydrogen (secondary N) is 3. The number of amides is 2. The predicted molar refractivity (Wildman–Crippen MR) is 92.0 cm³/mol. The number of carbonyl (C=O) groups excluding carboxylic acids is 2. The molecule has 0 aromatic carbocycles. The molecule has 3 N–H and O–H groups in total. The van der Waals surface area contributed by atoms with Gasteiger partial charge in [-0.1, -0.05) is 0 Å². The summed E-state index contributed by atoms with van der Waals surface area (Å²) >= 11 is 0. The molecule has 8 heteroatoms. The molecular formula is C18H22N4O4. The lowest BCUT2D eigenvalue weighted by Gasteiger charge is -2.15. The van der Waals surface area contributed by atoms with Gasteiger partial charge >= 0.3 is 6.09 Å². The molecule has 0 unspecified atom stereocenters. The first-order valence-electron chi connectivity index (χ1n) is 8.88. The second-order valence-corrected chi connectivity index (χ2v) is 7.58. The van der Waals surface area contributed by atoms with Crippen LogP contribution in [0.4, 0.5) is 10.6 Å². The van der Waals surface area contributed by atoms with E-state index in [2.05, 4.69) is 26.8 Å². The monoisotopic (exact) mass is 358 g/mol. The summed E-state index contributed by atoms with van der Waals surface area (Å²) in [4.78, 5) is 23.9. The summed E-state index contributed by atoms with van der Waals surface area (Å²) in [6, 6.07) is 1.74. The number of carbonyl (C=O) groups is 2. The van der Waals surface area contributed by atoms with Crippen molar-refractivity contribution in [1.29, 1.82) is 0 Å². The first kappa shape index (κ1) is 16.9. The van der Waals surface area contributed by atoms with E-state index in [1.807, 2.05) is 6.92 Å². The van der Waals surface area contributed by atoms with Crippen molar-refractivity contribution in [2.75, 3.05) is 11.9 Å². The van der Waals surface area contributed by atoms with Crippen LogP contribution in [0.3, 0.4) is 0 Å². The molecule has 3 fully saturated rings. The number of anilines is 1. The fourth-order valence-electron chi connectivity index (χ4n) is 3.09. The number of rotatable bonds is 5. The van der Waals surface area contributed by atoms with Crippen LogP contribution in [-0.2, 0) is 14.3 Å². The van der Waals surface area contributed by atoms with E-state index >= 15 is 0 Å². The maximum atomic E-state index is 12.0. The first-order valence-corrected chi connectivity index (χ1v) is 8.88. The van der Waals surface area contributed by atoms with Crippen molar-refractivity contribution in [3.63, 3.8) is 0 Å². The normalized spacial score (nSPS) is 30.9. The predicted octanol–water partition coefficient (Wildman–Crippen LogP) is 1.73. The molecule has 2 aliphatic carbocycles. The Morgan fingerprint density at radius 2 is 2.27 bits per heavy atom. The van der Waals surface area contributed by atoms with Gasteiger partial charge in [0.05, 0.1) is 18.2 Å². The number of terminal acetylenes is 1. The van der Waals surface area contributed by atoms with E-state index in [0.29, 0.717) is 18.8 Å². The van der Waals surface area contributed by atoms with E-state index in [-0.39, 0.29) is 35.5 Å². The van der Waals surface area contributed by atoms with Crippen LogP contribution in [0.25, 0.3) is 0 Å². The van der Waals surface area contributed by atoms with E-state index in [1.54, 1.807) is 6.07 Å². The highest BCUT2D eigenvalue weighted by Crippen LogP contribution is 2.38. The maximum Gasteiger partial charge on any atom is 0.407 e. The lowest BCUT2D eigenvalue weighted by atomic mass is 10.1. The van der Waals surface area contributed by atoms with E-state index in [9.17, 15) is 9.59 Å². The molecule has 26 heavy (non-hydrogen) atoms. The molecule has 8 nitrogen and oxygen atoms in total. The molecule has 4 atom stereocenters. The minimum Gasteiger partial charge on any atom is -0.444 e. The van der Waals surface area contributed by atoms with E-state index < -0.39 is 6.09 Å². The third kappa shape index (κ3) is 3.68. The van der Waals surface area contributed by atoms with Gasteiger partial charge in [0.15, 0.2) is 5.82 Å². The quantitative estimate of drug-likeness (QED) is 0.695. The van der Waals surface area contributed by atoms with Crippen molar-refractivity contribution in [2.45, 2.75) is 50.4 Å². The molecule has 2 amide bonds. The Bertz CT molecular complexity index is 763. The minimum absolute atomic E-state index is 0.0357. The lowest BCUT2D eigenvalue weighted by Crippen LogP contribution is -2.37. The van der Waals surface area contributed by atoms with Crippen molar-refractivity contribution in [3.05, 3.63) is 11.8 Å². The summed E-state index contributed by atoms with van der Waals surface area (Å²) in [5.41, 5.74) is 0.636. The topological polar surface area (TPSA) is 105 Å². The number of H-pyrrole nitrogens is 1. The minimum atomic E-state index is -0.399. The smallest absolute Gasteiger partial charge is 0.407 e. The van der Waals surface area contributed by atoms with Crippen LogP contribution in [0.2, 0.25) is 0 Å². The average Bonchev–Trinajstić information content (AvgIpc) is 3.42. The summed E-state index contributed by atoms with van der Waals surface area (Å²) < 4.78 is 11.1. The van der Waals surface area contributed by atoms with Gasteiger partial charge in [-0.15, -0.1) is 12.3 Å². The summed E-state index contributed by atoms with van der Waals surface area (Å²) in [5.74, 6) is 2.84. The highest BCUT2D eigenvalue weighted by Gasteiger charge is 2.42. The zero-order valence-corrected chi connectivity index (χ0v) is 14.6. The van der Waals surface area contributed by atoms with Gasteiger partial charge in [-0.25, -0.2) is 4.79 Å². The Morgan fingerprint density at radius 1 is 1.46 bits per heavy atom. The Kier molecular flexibility index (Phi) is 4.11. The summed E-state index contributed by atoms with van der Waals surface area (Å²) in [6.07, 6.45) is 7.61. The van der Waals surface area contributed by atoms with Gasteiger partial charge < -0.3 is 20.1 Å². The second-order valence-electron chi connectivity index (χ2n) is 7.58. The fourth-order valence-corrected chi connectivity index (χ4v) is 3.09. The molecule has 2 saturated carbocycles. The molecule has 1 aromatic heterocycles. The molecule has 1 aliphatic heterocycles. The number of nitrogens with zero attached hydrogens (tertiary/aromatic N) is 1. The lowest BCUT2D eigenvalue weighted by molar-refractivity contribution is -0.117. The molecule has 3 aliphatic rings. The summed E-state index contributed by atoms with van der Waals surface area (Å²) in [6.45, 7) is 2.33. The van der Waals surface area contributed by atoms with Crippen molar-refractivity contribution in [1.82, 2.24) is 15.5 Å². The standard InChI is InChI=1S/C18H22N4O4/c1-3-10-6-12(10)16(23)19-15-8-13(21-22-15)14-7-11(9-25-14)26-17(24)20-18(2)4-5-18/h1,8,10-12,14H,4-7,9H2,2H3,(H,20,24)(H2,19,21,22,23)/t10-,11+,12-,14+/m0/s1. The highest BCUT2D eigenvalue weighted by molar-refractivity contribution is 5.94. The third-order valence-corrected chi connectivity index (χ3v) is 5.17. The van der Waals surface area contributed by atoms with Gasteiger partial charge in [-0.2, -0.15) is 5.10 Å². The number of hydrogen-bond donors (Lipinski definition) is 3. The van der Waals surface area contributed by atoms with Crippen molar-refractivity contribution in [2.24, 2.45) is 11.8 Å². The largest absolute Gasteiger partial charge is 0.444 e. The summed E-state index contributed by atoms with van der Waals surface area (Å²) in [7, 11) is 0. The van der Waals surface area contributed by atoms with Gasteiger partial charge in [0.25, 0.3) is 0 Å². The van der Waals surface area contributed by atoms with Crippen molar-refractivity contribution in [3.8, 4) is 12.3 Å².